The van der Waals surface area contributed by atoms with Crippen molar-refractivity contribution in [3.63, 3.8) is 0 Å². The molecule has 0 saturated heterocycles. The van der Waals surface area contributed by atoms with Gasteiger partial charge in [-0.2, -0.15) is 0 Å². The van der Waals surface area contributed by atoms with Crippen LogP contribution in [0, 0.1) is 0 Å². The SMILES string of the molecule is COCCN(C)c1cnc(C(=O)OC)nc1. The first-order valence-electron chi connectivity index (χ1n) is 4.79. The Kier molecular flexibility index (Phi) is 4.65. The number of nitrogens with zero attached hydrogens (tertiary/aromatic N) is 3. The standard InChI is InChI=1S/C10H15N3O3/c1-13(4-5-15-2)8-6-11-9(12-7-8)10(14)16-3/h6-7H,4-5H2,1-3H3. The molecule has 0 unspecified atom stereocenters. The van der Waals surface area contributed by atoms with E-state index in [0.717, 1.165) is 12.2 Å². The predicted molar refractivity (Wildman–Crippen MR) is 58.5 cm³/mol. The number of methoxy groups -OCH3 is 2. The average Bonchev–Trinajstić information content (AvgIpc) is 2.35. The van der Waals surface area contributed by atoms with Gasteiger partial charge in [0.25, 0.3) is 0 Å². The van der Waals surface area contributed by atoms with Crippen LogP contribution in [0.3, 0.4) is 0 Å². The molecule has 16 heavy (non-hydrogen) atoms. The van der Waals surface area contributed by atoms with E-state index in [-0.39, 0.29) is 5.82 Å². The van der Waals surface area contributed by atoms with E-state index in [1.165, 1.54) is 7.11 Å². The summed E-state index contributed by atoms with van der Waals surface area (Å²) in [7, 11) is 4.84. The number of anilines is 1. The Labute approximate surface area is 94.2 Å². The van der Waals surface area contributed by atoms with Crippen LogP contribution in [-0.4, -0.2) is 50.4 Å². The molecule has 88 valence electrons. The van der Waals surface area contributed by atoms with Crippen molar-refractivity contribution < 1.29 is 14.3 Å². The van der Waals surface area contributed by atoms with Crippen LogP contribution in [0.2, 0.25) is 0 Å². The van der Waals surface area contributed by atoms with Gasteiger partial charge in [-0.3, -0.25) is 0 Å². The molecule has 1 rings (SSSR count). The van der Waals surface area contributed by atoms with Gasteiger partial charge >= 0.3 is 5.97 Å². The molecule has 0 aliphatic rings. The first-order chi connectivity index (χ1) is 7.69. The highest BCUT2D eigenvalue weighted by atomic mass is 16.5. The van der Waals surface area contributed by atoms with E-state index in [4.69, 9.17) is 4.74 Å². The monoisotopic (exact) mass is 225 g/mol. The smallest absolute Gasteiger partial charge is 0.376 e. The van der Waals surface area contributed by atoms with Gasteiger partial charge in [0.2, 0.25) is 5.82 Å². The van der Waals surface area contributed by atoms with Crippen molar-refractivity contribution >= 4 is 11.7 Å². The van der Waals surface area contributed by atoms with Gasteiger partial charge in [0.05, 0.1) is 31.8 Å². The van der Waals surface area contributed by atoms with E-state index in [1.807, 2.05) is 11.9 Å². The molecular weight excluding hydrogens is 210 g/mol. The van der Waals surface area contributed by atoms with Crippen molar-refractivity contribution in [1.82, 2.24) is 9.97 Å². The number of rotatable bonds is 5. The van der Waals surface area contributed by atoms with Gasteiger partial charge in [-0.1, -0.05) is 0 Å². The highest BCUT2D eigenvalue weighted by Gasteiger charge is 2.09. The van der Waals surface area contributed by atoms with Crippen LogP contribution in [0.25, 0.3) is 0 Å². The Morgan fingerprint density at radius 1 is 1.38 bits per heavy atom. The Morgan fingerprint density at radius 3 is 2.50 bits per heavy atom. The third-order valence-corrected chi connectivity index (χ3v) is 2.08. The molecule has 0 aromatic carbocycles. The number of hydrogen-bond acceptors (Lipinski definition) is 6. The Balaban J connectivity index is 2.67. The molecule has 0 atom stereocenters. The topological polar surface area (TPSA) is 64.5 Å². The molecule has 0 aliphatic carbocycles. The summed E-state index contributed by atoms with van der Waals surface area (Å²) >= 11 is 0. The van der Waals surface area contributed by atoms with Gasteiger partial charge in [-0.15, -0.1) is 0 Å². The number of carbonyl (C=O) groups excluding carboxylic acids is 1. The normalized spacial score (nSPS) is 9.94. The maximum Gasteiger partial charge on any atom is 0.376 e. The first kappa shape index (κ1) is 12.4. The van der Waals surface area contributed by atoms with Crippen molar-refractivity contribution in [3.8, 4) is 0 Å². The third-order valence-electron chi connectivity index (χ3n) is 2.08. The van der Waals surface area contributed by atoms with Gasteiger partial charge in [0.15, 0.2) is 0 Å². The maximum absolute atomic E-state index is 11.1. The number of aromatic nitrogens is 2. The molecule has 0 aliphatic heterocycles. The predicted octanol–water partition coefficient (Wildman–Crippen LogP) is 0.346. The number of hydrogen-bond donors (Lipinski definition) is 0. The summed E-state index contributed by atoms with van der Waals surface area (Å²) in [6.45, 7) is 1.35. The molecular formula is C10H15N3O3. The van der Waals surface area contributed by atoms with Crippen LogP contribution < -0.4 is 4.90 Å². The van der Waals surface area contributed by atoms with Gasteiger partial charge in [0.1, 0.15) is 0 Å². The second-order valence-electron chi connectivity index (χ2n) is 3.17. The number of carbonyl (C=O) groups is 1. The Bertz CT molecular complexity index is 340. The lowest BCUT2D eigenvalue weighted by atomic mass is 10.4. The molecule has 0 bridgehead atoms. The van der Waals surface area contributed by atoms with E-state index < -0.39 is 5.97 Å². The van der Waals surface area contributed by atoms with Crippen LogP contribution in [0.15, 0.2) is 12.4 Å². The van der Waals surface area contributed by atoms with Crippen molar-refractivity contribution in [2.45, 2.75) is 0 Å². The zero-order chi connectivity index (χ0) is 12.0. The fourth-order valence-electron chi connectivity index (χ4n) is 1.07. The fraction of sp³-hybridized carbons (Fsp3) is 0.500. The molecule has 0 amide bonds. The quantitative estimate of drug-likeness (QED) is 0.673. The molecule has 0 saturated carbocycles. The van der Waals surface area contributed by atoms with Gasteiger partial charge in [-0.25, -0.2) is 14.8 Å². The number of esters is 1. The lowest BCUT2D eigenvalue weighted by Gasteiger charge is -2.17. The van der Waals surface area contributed by atoms with Crippen LogP contribution in [0.4, 0.5) is 5.69 Å². The molecule has 6 heteroatoms. The van der Waals surface area contributed by atoms with Gasteiger partial charge in [-0.05, 0) is 0 Å². The van der Waals surface area contributed by atoms with E-state index in [2.05, 4.69) is 14.7 Å². The third kappa shape index (κ3) is 3.16. The summed E-state index contributed by atoms with van der Waals surface area (Å²) in [5.41, 5.74) is 0.824. The molecule has 0 fully saturated rings. The minimum atomic E-state index is -0.536. The van der Waals surface area contributed by atoms with E-state index in [9.17, 15) is 4.79 Å². The molecule has 6 nitrogen and oxygen atoms in total. The summed E-state index contributed by atoms with van der Waals surface area (Å²) in [6.07, 6.45) is 3.16. The van der Waals surface area contributed by atoms with Crippen LogP contribution in [0.5, 0.6) is 0 Å². The largest absolute Gasteiger partial charge is 0.463 e. The van der Waals surface area contributed by atoms with Crippen LogP contribution >= 0.6 is 0 Å². The zero-order valence-corrected chi connectivity index (χ0v) is 9.64. The highest BCUT2D eigenvalue weighted by Crippen LogP contribution is 2.08. The van der Waals surface area contributed by atoms with Gasteiger partial charge in [0, 0.05) is 20.7 Å². The van der Waals surface area contributed by atoms with E-state index in [0.29, 0.717) is 6.61 Å². The summed E-state index contributed by atoms with van der Waals surface area (Å²) in [4.78, 5) is 20.8. The summed E-state index contributed by atoms with van der Waals surface area (Å²) in [6, 6.07) is 0. The molecule has 1 heterocycles. The van der Waals surface area contributed by atoms with Crippen molar-refractivity contribution in [1.29, 1.82) is 0 Å². The van der Waals surface area contributed by atoms with E-state index >= 15 is 0 Å². The number of likely N-dealkylation sites (N-methyl/N-ethyl adjacent to an activating group) is 1. The summed E-state index contributed by atoms with van der Waals surface area (Å²) in [5.74, 6) is -0.475. The summed E-state index contributed by atoms with van der Waals surface area (Å²) in [5, 5.41) is 0. The van der Waals surface area contributed by atoms with Crippen molar-refractivity contribution in [2.24, 2.45) is 0 Å². The van der Waals surface area contributed by atoms with Crippen molar-refractivity contribution in [3.05, 3.63) is 18.2 Å². The van der Waals surface area contributed by atoms with Crippen molar-refractivity contribution in [2.75, 3.05) is 39.3 Å². The Hall–Kier alpha value is -1.69. The first-order valence-corrected chi connectivity index (χ1v) is 4.79. The average molecular weight is 225 g/mol. The fourth-order valence-corrected chi connectivity index (χ4v) is 1.07. The molecule has 1 aromatic heterocycles. The van der Waals surface area contributed by atoms with E-state index in [1.54, 1.807) is 19.5 Å². The molecule has 0 spiro atoms. The molecule has 0 radical (unpaired) electrons. The molecule has 0 N–H and O–H groups in total. The highest BCUT2D eigenvalue weighted by molar-refractivity contribution is 5.85. The Morgan fingerprint density at radius 2 is 2.00 bits per heavy atom. The zero-order valence-electron chi connectivity index (χ0n) is 9.64. The maximum atomic E-state index is 11.1. The number of ether oxygens (including phenoxy) is 2. The molecule has 1 aromatic rings. The minimum absolute atomic E-state index is 0.0615. The van der Waals surface area contributed by atoms with Crippen LogP contribution in [-0.2, 0) is 9.47 Å². The van der Waals surface area contributed by atoms with Crippen LogP contribution in [0.1, 0.15) is 10.6 Å². The van der Waals surface area contributed by atoms with Gasteiger partial charge < -0.3 is 14.4 Å². The second-order valence-corrected chi connectivity index (χ2v) is 3.17. The lowest BCUT2D eigenvalue weighted by Crippen LogP contribution is -2.22. The lowest BCUT2D eigenvalue weighted by molar-refractivity contribution is 0.0586. The summed E-state index contributed by atoms with van der Waals surface area (Å²) < 4.78 is 9.46. The second kappa shape index (κ2) is 6.02. The minimum Gasteiger partial charge on any atom is -0.463 e.